The van der Waals surface area contributed by atoms with E-state index >= 15 is 0 Å². The molecule has 0 saturated carbocycles. The van der Waals surface area contributed by atoms with Gasteiger partial charge in [-0.25, -0.2) is 4.79 Å². The van der Waals surface area contributed by atoms with Crippen LogP contribution in [-0.2, 0) is 17.9 Å². The fourth-order valence-electron chi connectivity index (χ4n) is 1.25. The number of aromatic nitrogens is 3. The van der Waals surface area contributed by atoms with Crippen LogP contribution in [0.3, 0.4) is 0 Å². The summed E-state index contributed by atoms with van der Waals surface area (Å²) in [5.74, 6) is 0. The van der Waals surface area contributed by atoms with Gasteiger partial charge in [-0.3, -0.25) is 5.10 Å². The molecular weight excluding hydrogens is 220 g/mol. The average Bonchev–Trinajstić information content (AvgIpc) is 2.88. The zero-order valence-corrected chi connectivity index (χ0v) is 9.09. The molecule has 0 atom stereocenters. The molecule has 0 fully saturated rings. The van der Waals surface area contributed by atoms with Crippen LogP contribution in [0.25, 0.3) is 0 Å². The SMILES string of the molecule is O=C(NCc1c[nH]nn1)OCc1ccccc1. The van der Waals surface area contributed by atoms with Crippen molar-refractivity contribution in [1.29, 1.82) is 0 Å². The molecule has 2 aromatic rings. The second-order valence-electron chi connectivity index (χ2n) is 3.38. The van der Waals surface area contributed by atoms with Gasteiger partial charge in [0.05, 0.1) is 6.54 Å². The van der Waals surface area contributed by atoms with Gasteiger partial charge in [-0.2, -0.15) is 0 Å². The molecule has 0 unspecified atom stereocenters. The van der Waals surface area contributed by atoms with Crippen LogP contribution >= 0.6 is 0 Å². The van der Waals surface area contributed by atoms with E-state index in [4.69, 9.17) is 4.74 Å². The summed E-state index contributed by atoms with van der Waals surface area (Å²) in [4.78, 5) is 11.3. The zero-order chi connectivity index (χ0) is 11.9. The predicted octanol–water partition coefficient (Wildman–Crippen LogP) is 1.23. The van der Waals surface area contributed by atoms with Crippen LogP contribution in [-0.4, -0.2) is 21.5 Å². The number of carbonyl (C=O) groups excluding carboxylic acids is 1. The maximum absolute atomic E-state index is 11.3. The number of hydrogen-bond acceptors (Lipinski definition) is 4. The first-order chi connectivity index (χ1) is 8.34. The second kappa shape index (κ2) is 5.64. The number of aromatic amines is 1. The van der Waals surface area contributed by atoms with E-state index in [0.29, 0.717) is 12.2 Å². The van der Waals surface area contributed by atoms with Crippen molar-refractivity contribution in [3.63, 3.8) is 0 Å². The van der Waals surface area contributed by atoms with Gasteiger partial charge in [0, 0.05) is 6.20 Å². The lowest BCUT2D eigenvalue weighted by Crippen LogP contribution is -2.23. The van der Waals surface area contributed by atoms with Gasteiger partial charge in [-0.05, 0) is 5.56 Å². The van der Waals surface area contributed by atoms with Gasteiger partial charge in [0.2, 0.25) is 0 Å². The Kier molecular flexibility index (Phi) is 3.69. The molecule has 1 heterocycles. The van der Waals surface area contributed by atoms with Crippen molar-refractivity contribution in [1.82, 2.24) is 20.7 Å². The molecule has 0 saturated heterocycles. The molecule has 1 aromatic heterocycles. The van der Waals surface area contributed by atoms with E-state index in [9.17, 15) is 4.79 Å². The highest BCUT2D eigenvalue weighted by molar-refractivity contribution is 5.67. The number of nitrogens with zero attached hydrogens (tertiary/aromatic N) is 2. The van der Waals surface area contributed by atoms with Crippen molar-refractivity contribution in [3.8, 4) is 0 Å². The fourth-order valence-corrected chi connectivity index (χ4v) is 1.25. The fraction of sp³-hybridized carbons (Fsp3) is 0.182. The standard InChI is InChI=1S/C11H12N4O2/c16-11(12-6-10-7-13-15-14-10)17-8-9-4-2-1-3-5-9/h1-5,7H,6,8H2,(H,12,16)(H,13,14,15). The molecule has 0 bridgehead atoms. The van der Waals surface area contributed by atoms with Gasteiger partial charge in [-0.15, -0.1) is 5.10 Å². The van der Waals surface area contributed by atoms with Crippen molar-refractivity contribution in [2.24, 2.45) is 0 Å². The van der Waals surface area contributed by atoms with Crippen molar-refractivity contribution in [2.45, 2.75) is 13.2 Å². The third-order valence-electron chi connectivity index (χ3n) is 2.09. The van der Waals surface area contributed by atoms with Crippen LogP contribution in [0.1, 0.15) is 11.3 Å². The molecule has 6 heteroatoms. The number of hydrogen-bond donors (Lipinski definition) is 2. The summed E-state index contributed by atoms with van der Waals surface area (Å²) in [6.07, 6.45) is 1.13. The number of H-pyrrole nitrogens is 1. The Hall–Kier alpha value is -2.37. The Morgan fingerprint density at radius 3 is 2.88 bits per heavy atom. The highest BCUT2D eigenvalue weighted by atomic mass is 16.5. The Morgan fingerprint density at radius 2 is 2.18 bits per heavy atom. The summed E-state index contributed by atoms with van der Waals surface area (Å²) >= 11 is 0. The highest BCUT2D eigenvalue weighted by Gasteiger charge is 2.03. The van der Waals surface area contributed by atoms with E-state index in [-0.39, 0.29) is 6.61 Å². The lowest BCUT2D eigenvalue weighted by atomic mass is 10.2. The van der Waals surface area contributed by atoms with Crippen LogP contribution in [0, 0.1) is 0 Å². The van der Waals surface area contributed by atoms with Gasteiger partial charge < -0.3 is 10.1 Å². The van der Waals surface area contributed by atoms with Crippen LogP contribution < -0.4 is 5.32 Å². The van der Waals surface area contributed by atoms with Crippen molar-refractivity contribution in [2.75, 3.05) is 0 Å². The van der Waals surface area contributed by atoms with Crippen LogP contribution in [0.5, 0.6) is 0 Å². The van der Waals surface area contributed by atoms with Crippen molar-refractivity contribution >= 4 is 6.09 Å². The van der Waals surface area contributed by atoms with E-state index in [1.165, 1.54) is 0 Å². The Balaban J connectivity index is 1.71. The van der Waals surface area contributed by atoms with Crippen LogP contribution in [0.2, 0.25) is 0 Å². The molecule has 1 aromatic carbocycles. The molecule has 0 aliphatic heterocycles. The number of benzene rings is 1. The molecule has 0 spiro atoms. The quantitative estimate of drug-likeness (QED) is 0.830. The monoisotopic (exact) mass is 232 g/mol. The smallest absolute Gasteiger partial charge is 0.407 e. The second-order valence-corrected chi connectivity index (χ2v) is 3.38. The Labute approximate surface area is 98.0 Å². The maximum Gasteiger partial charge on any atom is 0.407 e. The van der Waals surface area contributed by atoms with E-state index in [2.05, 4.69) is 20.7 Å². The van der Waals surface area contributed by atoms with Crippen molar-refractivity contribution in [3.05, 3.63) is 47.8 Å². The van der Waals surface area contributed by atoms with Gasteiger partial charge in [0.1, 0.15) is 12.3 Å². The highest BCUT2D eigenvalue weighted by Crippen LogP contribution is 2.00. The lowest BCUT2D eigenvalue weighted by Gasteiger charge is -2.05. The average molecular weight is 232 g/mol. The summed E-state index contributed by atoms with van der Waals surface area (Å²) in [7, 11) is 0. The number of nitrogens with one attached hydrogen (secondary N) is 2. The first-order valence-corrected chi connectivity index (χ1v) is 5.14. The molecule has 1 amide bonds. The minimum atomic E-state index is -0.475. The molecular formula is C11H12N4O2. The molecule has 0 aliphatic carbocycles. The largest absolute Gasteiger partial charge is 0.445 e. The van der Waals surface area contributed by atoms with E-state index < -0.39 is 6.09 Å². The third kappa shape index (κ3) is 3.60. The summed E-state index contributed by atoms with van der Waals surface area (Å²) in [5, 5.41) is 12.4. The molecule has 0 aliphatic rings. The molecule has 0 radical (unpaired) electrons. The summed E-state index contributed by atoms with van der Waals surface area (Å²) in [6, 6.07) is 9.49. The topological polar surface area (TPSA) is 79.9 Å². The summed E-state index contributed by atoms with van der Waals surface area (Å²) in [6.45, 7) is 0.551. The van der Waals surface area contributed by atoms with Gasteiger partial charge in [-0.1, -0.05) is 35.5 Å². The van der Waals surface area contributed by atoms with Crippen molar-refractivity contribution < 1.29 is 9.53 Å². The molecule has 88 valence electrons. The van der Waals surface area contributed by atoms with E-state index in [1.54, 1.807) is 6.20 Å². The first-order valence-electron chi connectivity index (χ1n) is 5.14. The predicted molar refractivity (Wildman–Crippen MR) is 59.8 cm³/mol. The van der Waals surface area contributed by atoms with E-state index in [1.807, 2.05) is 30.3 Å². The molecule has 17 heavy (non-hydrogen) atoms. The van der Waals surface area contributed by atoms with Gasteiger partial charge in [0.25, 0.3) is 0 Å². The molecule has 6 nitrogen and oxygen atoms in total. The number of amides is 1. The zero-order valence-electron chi connectivity index (χ0n) is 9.09. The normalized spacial score (nSPS) is 9.88. The summed E-state index contributed by atoms with van der Waals surface area (Å²) < 4.78 is 5.02. The van der Waals surface area contributed by atoms with Crippen LogP contribution in [0.4, 0.5) is 4.79 Å². The van der Waals surface area contributed by atoms with Gasteiger partial charge in [0.15, 0.2) is 0 Å². The summed E-state index contributed by atoms with van der Waals surface area (Å²) in [5.41, 5.74) is 1.60. The minimum Gasteiger partial charge on any atom is -0.445 e. The Bertz CT molecular complexity index is 456. The number of alkyl carbamates (subject to hydrolysis) is 1. The van der Waals surface area contributed by atoms with Gasteiger partial charge >= 0.3 is 6.09 Å². The van der Waals surface area contributed by atoms with Crippen LogP contribution in [0.15, 0.2) is 36.5 Å². The third-order valence-corrected chi connectivity index (χ3v) is 2.09. The molecule has 2 rings (SSSR count). The number of ether oxygens (including phenoxy) is 1. The molecule has 2 N–H and O–H groups in total. The first kappa shape index (κ1) is 11.1. The number of carbonyl (C=O) groups is 1. The lowest BCUT2D eigenvalue weighted by molar-refractivity contribution is 0.139. The number of rotatable bonds is 4. The van der Waals surface area contributed by atoms with E-state index in [0.717, 1.165) is 5.56 Å². The minimum absolute atomic E-state index is 0.255. The maximum atomic E-state index is 11.3. The Morgan fingerprint density at radius 1 is 1.35 bits per heavy atom.